The molecule has 0 atom stereocenters. The fourth-order valence-corrected chi connectivity index (χ4v) is 2.98. The van der Waals surface area contributed by atoms with Crippen molar-refractivity contribution >= 4 is 17.6 Å². The molecule has 38 heavy (non-hydrogen) atoms. The predicted octanol–water partition coefficient (Wildman–Crippen LogP) is 5.68. The molecule has 7 nitrogen and oxygen atoms in total. The van der Waals surface area contributed by atoms with Gasteiger partial charge >= 0.3 is 0 Å². The average Bonchev–Trinajstić information content (AvgIpc) is 2.92. The number of hydrogen-bond donors (Lipinski definition) is 2. The highest BCUT2D eigenvalue weighted by molar-refractivity contribution is 5.96. The molecule has 0 saturated heterocycles. The highest BCUT2D eigenvalue weighted by Crippen LogP contribution is 1.98. The Morgan fingerprint density at radius 3 is 1.68 bits per heavy atom. The van der Waals surface area contributed by atoms with Crippen LogP contribution in [0, 0.1) is 6.92 Å². The second-order valence-corrected chi connectivity index (χ2v) is 8.49. The fourth-order valence-electron chi connectivity index (χ4n) is 2.98. The molecule has 0 saturated carbocycles. The van der Waals surface area contributed by atoms with Gasteiger partial charge in [0.15, 0.2) is 5.78 Å². The predicted molar refractivity (Wildman–Crippen MR) is 155 cm³/mol. The molecule has 204 valence electrons. The van der Waals surface area contributed by atoms with Gasteiger partial charge in [0.05, 0.1) is 25.0 Å². The second kappa shape index (κ2) is 22.3. The number of carbonyl (C=O) groups excluding carboxylic acids is 3. The third kappa shape index (κ3) is 18.4. The highest BCUT2D eigenvalue weighted by Gasteiger charge is 2.10. The van der Waals surface area contributed by atoms with E-state index in [0.717, 1.165) is 38.5 Å². The fraction of sp³-hybridized carbons (Fsp3) is 0.387. The molecule has 0 bridgehead atoms. The van der Waals surface area contributed by atoms with Crippen LogP contribution >= 0.6 is 0 Å². The number of amides is 2. The average molecular weight is 519 g/mol. The number of allylic oxidation sites excluding steroid dienone is 12. The van der Waals surface area contributed by atoms with E-state index in [1.165, 1.54) is 12.4 Å². The van der Waals surface area contributed by atoms with Gasteiger partial charge in [-0.05, 0) is 51.9 Å². The monoisotopic (exact) mass is 518 g/mol. The normalized spacial score (nSPS) is 12.2. The molecule has 2 amide bonds. The Labute approximate surface area is 227 Å². The van der Waals surface area contributed by atoms with Crippen LogP contribution < -0.4 is 10.6 Å². The molecular formula is C31H42N4O3. The summed E-state index contributed by atoms with van der Waals surface area (Å²) in [5, 5.41) is 5.06. The van der Waals surface area contributed by atoms with Crippen LogP contribution in [0.5, 0.6) is 0 Å². The molecule has 0 aromatic carbocycles. The Kier molecular flexibility index (Phi) is 18.9. The van der Waals surface area contributed by atoms with Crippen molar-refractivity contribution in [2.24, 2.45) is 0 Å². The van der Waals surface area contributed by atoms with Crippen LogP contribution in [0.25, 0.3) is 0 Å². The minimum Gasteiger partial charge on any atom is -0.349 e. The smallest absolute Gasteiger partial charge is 0.271 e. The number of carbonyl (C=O) groups is 3. The molecule has 0 aliphatic carbocycles. The lowest BCUT2D eigenvalue weighted by molar-refractivity contribution is -0.124. The molecule has 0 aliphatic rings. The number of Topliss-reactive ketones (excluding diaryl/α,β-unsaturated/α-hetero) is 1. The Morgan fingerprint density at radius 2 is 1.18 bits per heavy atom. The summed E-state index contributed by atoms with van der Waals surface area (Å²) in [5.74, 6) is -0.968. The first-order valence-corrected chi connectivity index (χ1v) is 13.3. The lowest BCUT2D eigenvalue weighted by atomic mass is 10.2. The van der Waals surface area contributed by atoms with E-state index < -0.39 is 5.91 Å². The summed E-state index contributed by atoms with van der Waals surface area (Å²) in [5.41, 5.74) is 0.841. The SMILES string of the molecule is CCC=CCC=CCC=CCC=CCC=CCC=CCCC(=O)NCC(=O)CNC(=O)c1cnc(C)cn1. The van der Waals surface area contributed by atoms with Crippen LogP contribution in [0.3, 0.4) is 0 Å². The summed E-state index contributed by atoms with van der Waals surface area (Å²) in [6.45, 7) is 3.61. The first-order valence-electron chi connectivity index (χ1n) is 13.3. The van der Waals surface area contributed by atoms with Crippen LogP contribution in [0.4, 0.5) is 0 Å². The van der Waals surface area contributed by atoms with Crippen LogP contribution in [-0.2, 0) is 9.59 Å². The first-order chi connectivity index (χ1) is 18.5. The van der Waals surface area contributed by atoms with E-state index in [9.17, 15) is 14.4 Å². The first kappa shape index (κ1) is 32.2. The summed E-state index contributed by atoms with van der Waals surface area (Å²) in [7, 11) is 0. The number of ketones is 1. The zero-order valence-corrected chi connectivity index (χ0v) is 22.8. The van der Waals surface area contributed by atoms with Crippen LogP contribution in [0.1, 0.15) is 74.5 Å². The van der Waals surface area contributed by atoms with E-state index in [-0.39, 0.29) is 30.5 Å². The van der Waals surface area contributed by atoms with Gasteiger partial charge in [0.25, 0.3) is 5.91 Å². The van der Waals surface area contributed by atoms with E-state index in [0.29, 0.717) is 18.5 Å². The van der Waals surface area contributed by atoms with Crippen molar-refractivity contribution in [1.29, 1.82) is 0 Å². The lowest BCUT2D eigenvalue weighted by Crippen LogP contribution is -2.37. The summed E-state index contributed by atoms with van der Waals surface area (Å²) >= 11 is 0. The van der Waals surface area contributed by atoms with Gasteiger partial charge in [-0.15, -0.1) is 0 Å². The third-order valence-electron chi connectivity index (χ3n) is 5.08. The molecule has 1 aromatic rings. The number of hydrogen-bond acceptors (Lipinski definition) is 5. The van der Waals surface area contributed by atoms with Gasteiger partial charge in [0, 0.05) is 12.6 Å². The van der Waals surface area contributed by atoms with Gasteiger partial charge in [-0.1, -0.05) is 79.8 Å². The quantitative estimate of drug-likeness (QED) is 0.230. The molecule has 0 fully saturated rings. The van der Waals surface area contributed by atoms with Crippen molar-refractivity contribution in [2.75, 3.05) is 13.1 Å². The van der Waals surface area contributed by atoms with Crippen molar-refractivity contribution in [3.63, 3.8) is 0 Å². The maximum Gasteiger partial charge on any atom is 0.271 e. The molecule has 1 aromatic heterocycles. The molecule has 1 rings (SSSR count). The van der Waals surface area contributed by atoms with Crippen LogP contribution in [0.2, 0.25) is 0 Å². The Balaban J connectivity index is 2.02. The van der Waals surface area contributed by atoms with E-state index in [1.807, 2.05) is 12.2 Å². The molecule has 2 N–H and O–H groups in total. The van der Waals surface area contributed by atoms with Crippen molar-refractivity contribution in [3.8, 4) is 0 Å². The summed E-state index contributed by atoms with van der Waals surface area (Å²) < 4.78 is 0. The number of rotatable bonds is 19. The summed E-state index contributed by atoms with van der Waals surface area (Å²) in [4.78, 5) is 43.6. The zero-order chi connectivity index (χ0) is 27.7. The van der Waals surface area contributed by atoms with Crippen molar-refractivity contribution in [3.05, 3.63) is 96.7 Å². The van der Waals surface area contributed by atoms with E-state index >= 15 is 0 Å². The Hall–Kier alpha value is -3.87. The van der Waals surface area contributed by atoms with Gasteiger partial charge < -0.3 is 10.6 Å². The standard InChI is InChI=1S/C31H42N4O3/c1-3-4-5-6-7-8-9-10-11-12-13-14-15-16-17-18-19-20-21-22-30(37)34-24-28(36)25-35-31(38)29-26-32-27(2)23-33-29/h4-5,7-8,10-11,13-14,16-17,19-20,23,26H,3,6,9,12,15,18,21-22,24-25H2,1-2H3,(H,34,37)(H,35,38). The minimum absolute atomic E-state index is 0.123. The van der Waals surface area contributed by atoms with Gasteiger partial charge in [0.1, 0.15) is 5.69 Å². The topological polar surface area (TPSA) is 101 Å². The van der Waals surface area contributed by atoms with Gasteiger partial charge in [-0.25, -0.2) is 4.98 Å². The largest absolute Gasteiger partial charge is 0.349 e. The van der Waals surface area contributed by atoms with E-state index in [1.54, 1.807) is 6.92 Å². The molecule has 0 radical (unpaired) electrons. The van der Waals surface area contributed by atoms with Crippen molar-refractivity contribution < 1.29 is 14.4 Å². The zero-order valence-electron chi connectivity index (χ0n) is 22.8. The maximum absolute atomic E-state index is 11.9. The van der Waals surface area contributed by atoms with Crippen molar-refractivity contribution in [2.45, 2.75) is 65.2 Å². The maximum atomic E-state index is 11.9. The third-order valence-corrected chi connectivity index (χ3v) is 5.08. The lowest BCUT2D eigenvalue weighted by Gasteiger charge is -2.05. The molecule has 1 heterocycles. The Morgan fingerprint density at radius 1 is 0.684 bits per heavy atom. The summed E-state index contributed by atoms with van der Waals surface area (Å²) in [6.07, 6.45) is 35.2. The molecule has 7 heteroatoms. The number of nitrogens with zero attached hydrogens (tertiary/aromatic N) is 2. The highest BCUT2D eigenvalue weighted by atomic mass is 16.2. The second-order valence-electron chi connectivity index (χ2n) is 8.49. The number of nitrogens with one attached hydrogen (secondary N) is 2. The van der Waals surface area contributed by atoms with E-state index in [4.69, 9.17) is 0 Å². The van der Waals surface area contributed by atoms with Gasteiger partial charge in [0.2, 0.25) is 5.91 Å². The van der Waals surface area contributed by atoms with Crippen LogP contribution in [0.15, 0.2) is 85.3 Å². The van der Waals surface area contributed by atoms with Crippen LogP contribution in [-0.4, -0.2) is 40.7 Å². The molecule has 0 unspecified atom stereocenters. The van der Waals surface area contributed by atoms with Gasteiger partial charge in [-0.2, -0.15) is 0 Å². The number of aromatic nitrogens is 2. The molecule has 0 aliphatic heterocycles. The van der Waals surface area contributed by atoms with Crippen molar-refractivity contribution in [1.82, 2.24) is 20.6 Å². The van der Waals surface area contributed by atoms with Gasteiger partial charge in [-0.3, -0.25) is 19.4 Å². The number of aryl methyl sites for hydroxylation is 1. The summed E-state index contributed by atoms with van der Waals surface area (Å²) in [6, 6.07) is 0. The minimum atomic E-state index is -0.477. The van der Waals surface area contributed by atoms with E-state index in [2.05, 4.69) is 88.3 Å². The molecular weight excluding hydrogens is 476 g/mol. The molecule has 0 spiro atoms. The Bertz CT molecular complexity index is 1000.